The van der Waals surface area contributed by atoms with Crippen molar-refractivity contribution in [3.63, 3.8) is 0 Å². The van der Waals surface area contributed by atoms with E-state index in [2.05, 4.69) is 15.0 Å². The molecule has 0 radical (unpaired) electrons. The van der Waals surface area contributed by atoms with E-state index < -0.39 is 15.8 Å². The molecule has 0 aliphatic heterocycles. The summed E-state index contributed by atoms with van der Waals surface area (Å²) < 4.78 is 43.9. The Morgan fingerprint density at radius 1 is 1.18 bits per heavy atom. The van der Waals surface area contributed by atoms with E-state index >= 15 is 0 Å². The van der Waals surface area contributed by atoms with Crippen molar-refractivity contribution >= 4 is 27.3 Å². The lowest BCUT2D eigenvalue weighted by atomic mass is 10.2. The highest BCUT2D eigenvalue weighted by molar-refractivity contribution is 7.92. The number of nitrogens with zero attached hydrogens (tertiary/aromatic N) is 1. The molecule has 0 aliphatic carbocycles. The fourth-order valence-electron chi connectivity index (χ4n) is 2.49. The second kappa shape index (κ2) is 8.22. The second-order valence-electron chi connectivity index (χ2n) is 6.10. The molecule has 0 bridgehead atoms. The summed E-state index contributed by atoms with van der Waals surface area (Å²) in [6.45, 7) is 0. The highest BCUT2D eigenvalue weighted by Gasteiger charge is 2.12. The summed E-state index contributed by atoms with van der Waals surface area (Å²) in [4.78, 5) is 16.3. The molecule has 0 atom stereocenters. The lowest BCUT2D eigenvalue weighted by molar-refractivity contribution is -0.116. The van der Waals surface area contributed by atoms with Gasteiger partial charge in [0.25, 0.3) is 0 Å². The molecule has 2 aromatic carbocycles. The summed E-state index contributed by atoms with van der Waals surface area (Å²) in [6, 6.07) is 13.1. The van der Waals surface area contributed by atoms with Gasteiger partial charge in [0.05, 0.1) is 18.1 Å². The van der Waals surface area contributed by atoms with Crippen LogP contribution in [0.5, 0.6) is 0 Å². The predicted octanol–water partition coefficient (Wildman–Crippen LogP) is 3.42. The van der Waals surface area contributed by atoms with Gasteiger partial charge >= 0.3 is 0 Å². The maximum Gasteiger partial charge on any atom is 0.229 e. The number of aromatic nitrogens is 1. The largest absolute Gasteiger partial charge is 0.441 e. The predicted molar refractivity (Wildman–Crippen MR) is 104 cm³/mol. The summed E-state index contributed by atoms with van der Waals surface area (Å²) in [6.07, 6.45) is 2.90. The van der Waals surface area contributed by atoms with Crippen LogP contribution in [-0.4, -0.2) is 25.6 Å². The van der Waals surface area contributed by atoms with Gasteiger partial charge in [0.15, 0.2) is 11.7 Å². The van der Waals surface area contributed by atoms with E-state index in [0.29, 0.717) is 11.7 Å². The van der Waals surface area contributed by atoms with Crippen LogP contribution in [0.4, 0.5) is 15.8 Å². The van der Waals surface area contributed by atoms with Gasteiger partial charge < -0.3 is 9.73 Å². The lowest BCUT2D eigenvalue weighted by Crippen LogP contribution is -2.14. The standard InChI is InChI=1S/C19H18FN3O4S/c1-28(25,26)23-16-11-14(7-8-15(16)20)22-18(24)9-10-19-21-12-17(27-19)13-5-3-2-4-6-13/h2-8,11-12,23H,9-10H2,1H3,(H,22,24). The first-order chi connectivity index (χ1) is 13.3. The third kappa shape index (κ3) is 5.40. The number of halogens is 1. The van der Waals surface area contributed by atoms with E-state index in [1.54, 1.807) is 6.20 Å². The Morgan fingerprint density at radius 3 is 2.64 bits per heavy atom. The first-order valence-electron chi connectivity index (χ1n) is 8.37. The van der Waals surface area contributed by atoms with Crippen LogP contribution < -0.4 is 10.0 Å². The fourth-order valence-corrected chi connectivity index (χ4v) is 3.04. The third-order valence-corrected chi connectivity index (χ3v) is 4.31. The van der Waals surface area contributed by atoms with Crippen molar-refractivity contribution in [1.29, 1.82) is 0 Å². The van der Waals surface area contributed by atoms with Crippen molar-refractivity contribution < 1.29 is 22.0 Å². The van der Waals surface area contributed by atoms with Gasteiger partial charge in [-0.1, -0.05) is 30.3 Å². The molecule has 3 rings (SSSR count). The zero-order valence-corrected chi connectivity index (χ0v) is 15.8. The SMILES string of the molecule is CS(=O)(=O)Nc1cc(NC(=O)CCc2ncc(-c3ccccc3)o2)ccc1F. The molecule has 0 unspecified atom stereocenters. The Bertz CT molecular complexity index is 1080. The number of carbonyl (C=O) groups is 1. The number of nitrogens with one attached hydrogen (secondary N) is 2. The van der Waals surface area contributed by atoms with Gasteiger partial charge in [-0.05, 0) is 18.2 Å². The van der Waals surface area contributed by atoms with Crippen LogP contribution in [-0.2, 0) is 21.2 Å². The number of amides is 1. The van der Waals surface area contributed by atoms with E-state index in [1.165, 1.54) is 12.1 Å². The molecule has 1 amide bonds. The number of oxazole rings is 1. The quantitative estimate of drug-likeness (QED) is 0.629. The summed E-state index contributed by atoms with van der Waals surface area (Å²) in [5.41, 5.74) is 0.929. The topological polar surface area (TPSA) is 101 Å². The average molecular weight is 403 g/mol. The molecule has 0 saturated carbocycles. The summed E-state index contributed by atoms with van der Waals surface area (Å²) in [5, 5.41) is 2.59. The van der Waals surface area contributed by atoms with Crippen LogP contribution >= 0.6 is 0 Å². The van der Waals surface area contributed by atoms with Crippen molar-refractivity contribution in [2.24, 2.45) is 0 Å². The van der Waals surface area contributed by atoms with Crippen LogP contribution in [0.1, 0.15) is 12.3 Å². The monoisotopic (exact) mass is 403 g/mol. The molecule has 0 aliphatic rings. The maximum atomic E-state index is 13.7. The minimum Gasteiger partial charge on any atom is -0.441 e. The molecule has 9 heteroatoms. The van der Waals surface area contributed by atoms with Crippen molar-refractivity contribution in [3.05, 3.63) is 66.4 Å². The van der Waals surface area contributed by atoms with Gasteiger partial charge in [0, 0.05) is 24.1 Å². The number of sulfonamides is 1. The Labute approximate surface area is 161 Å². The molecule has 28 heavy (non-hydrogen) atoms. The number of rotatable bonds is 7. The van der Waals surface area contributed by atoms with E-state index in [9.17, 15) is 17.6 Å². The highest BCUT2D eigenvalue weighted by atomic mass is 32.2. The van der Waals surface area contributed by atoms with Crippen molar-refractivity contribution in [3.8, 4) is 11.3 Å². The molecule has 0 saturated heterocycles. The molecule has 7 nitrogen and oxygen atoms in total. The average Bonchev–Trinajstić information content (AvgIpc) is 3.11. The van der Waals surface area contributed by atoms with Crippen LogP contribution in [0.2, 0.25) is 0 Å². The maximum absolute atomic E-state index is 13.7. The van der Waals surface area contributed by atoms with E-state index in [0.717, 1.165) is 17.9 Å². The highest BCUT2D eigenvalue weighted by Crippen LogP contribution is 2.22. The molecule has 0 spiro atoms. The molecular weight excluding hydrogens is 385 g/mol. The first-order valence-corrected chi connectivity index (χ1v) is 10.3. The van der Waals surface area contributed by atoms with Crippen molar-refractivity contribution in [2.75, 3.05) is 16.3 Å². The summed E-state index contributed by atoms with van der Waals surface area (Å²) in [7, 11) is -3.64. The Morgan fingerprint density at radius 2 is 1.93 bits per heavy atom. The smallest absolute Gasteiger partial charge is 0.229 e. The molecule has 0 fully saturated rings. The van der Waals surface area contributed by atoms with Gasteiger partial charge in [-0.2, -0.15) is 0 Å². The van der Waals surface area contributed by atoms with E-state index in [1.807, 2.05) is 30.3 Å². The van der Waals surface area contributed by atoms with Crippen LogP contribution in [0.15, 0.2) is 59.1 Å². The van der Waals surface area contributed by atoms with E-state index in [4.69, 9.17) is 4.42 Å². The normalized spacial score (nSPS) is 11.2. The molecule has 1 aromatic heterocycles. The van der Waals surface area contributed by atoms with Crippen LogP contribution in [0, 0.1) is 5.82 Å². The zero-order chi connectivity index (χ0) is 20.1. The zero-order valence-electron chi connectivity index (χ0n) is 15.0. The number of hydrogen-bond donors (Lipinski definition) is 2. The van der Waals surface area contributed by atoms with Crippen LogP contribution in [0.25, 0.3) is 11.3 Å². The Balaban J connectivity index is 1.59. The summed E-state index contributed by atoms with van der Waals surface area (Å²) in [5.74, 6) is -0.0356. The molecular formula is C19H18FN3O4S. The van der Waals surface area contributed by atoms with Gasteiger partial charge in [0.2, 0.25) is 15.9 Å². The number of carbonyl (C=O) groups excluding carboxylic acids is 1. The minimum absolute atomic E-state index is 0.0982. The summed E-state index contributed by atoms with van der Waals surface area (Å²) >= 11 is 0. The van der Waals surface area contributed by atoms with Gasteiger partial charge in [-0.25, -0.2) is 17.8 Å². The van der Waals surface area contributed by atoms with Crippen LogP contribution in [0.3, 0.4) is 0 Å². The van der Waals surface area contributed by atoms with E-state index in [-0.39, 0.29) is 30.1 Å². The number of hydrogen-bond acceptors (Lipinski definition) is 5. The van der Waals surface area contributed by atoms with Gasteiger partial charge in [-0.3, -0.25) is 9.52 Å². The molecule has 2 N–H and O–H groups in total. The fraction of sp³-hybridized carbons (Fsp3) is 0.158. The lowest BCUT2D eigenvalue weighted by Gasteiger charge is -2.09. The second-order valence-corrected chi connectivity index (χ2v) is 7.85. The minimum atomic E-state index is -3.64. The number of benzene rings is 2. The van der Waals surface area contributed by atoms with Gasteiger partial charge in [-0.15, -0.1) is 0 Å². The molecule has 3 aromatic rings. The molecule has 1 heterocycles. The Kier molecular flexibility index (Phi) is 5.74. The third-order valence-electron chi connectivity index (χ3n) is 3.72. The van der Waals surface area contributed by atoms with Crippen molar-refractivity contribution in [2.45, 2.75) is 12.8 Å². The van der Waals surface area contributed by atoms with Crippen molar-refractivity contribution in [1.82, 2.24) is 4.98 Å². The number of aryl methyl sites for hydroxylation is 1. The molecule has 146 valence electrons. The van der Waals surface area contributed by atoms with Gasteiger partial charge in [0.1, 0.15) is 5.82 Å². The first kappa shape index (κ1) is 19.6. The number of anilines is 2. The Hall–Kier alpha value is -3.20.